The minimum Gasteiger partial charge on any atom is -0.351 e. The summed E-state index contributed by atoms with van der Waals surface area (Å²) in [6, 6.07) is 7.33. The van der Waals surface area contributed by atoms with Crippen molar-refractivity contribution < 1.29 is 4.79 Å². The van der Waals surface area contributed by atoms with Gasteiger partial charge in [0, 0.05) is 11.4 Å². The van der Waals surface area contributed by atoms with Gasteiger partial charge in [0.2, 0.25) is 0 Å². The van der Waals surface area contributed by atoms with Crippen molar-refractivity contribution in [3.05, 3.63) is 29.8 Å². The van der Waals surface area contributed by atoms with Crippen molar-refractivity contribution in [2.75, 3.05) is 6.54 Å². The molecule has 0 saturated heterocycles. The topological polar surface area (TPSA) is 29.1 Å². The van der Waals surface area contributed by atoms with Crippen LogP contribution in [0.15, 0.2) is 29.2 Å². The maximum atomic E-state index is 11.9. The lowest BCUT2D eigenvalue weighted by Crippen LogP contribution is -2.33. The van der Waals surface area contributed by atoms with Crippen molar-refractivity contribution in [2.45, 2.75) is 32.1 Å². The smallest absolute Gasteiger partial charge is 0.252 e. The van der Waals surface area contributed by atoms with E-state index in [1.165, 1.54) is 0 Å². The molecule has 2 nitrogen and oxygen atoms in total. The molecule has 0 aromatic heterocycles. The molecule has 1 N–H and O–H groups in total. The van der Waals surface area contributed by atoms with Gasteiger partial charge in [-0.05, 0) is 24.0 Å². The Kier molecular flexibility index (Phi) is 4.42. The van der Waals surface area contributed by atoms with E-state index < -0.39 is 0 Å². The predicted molar refractivity (Wildman–Crippen MR) is 70.1 cm³/mol. The van der Waals surface area contributed by atoms with E-state index >= 15 is 0 Å². The molecule has 0 unspecified atom stereocenters. The zero-order chi connectivity index (χ0) is 12.2. The van der Waals surface area contributed by atoms with Crippen LogP contribution in [0.1, 0.15) is 37.6 Å². The molecule has 1 rings (SSSR count). The Labute approximate surface area is 103 Å². The summed E-state index contributed by atoms with van der Waals surface area (Å²) in [6.07, 6.45) is 1.04. The van der Waals surface area contributed by atoms with Gasteiger partial charge in [0.15, 0.2) is 0 Å². The van der Waals surface area contributed by atoms with Crippen LogP contribution < -0.4 is 5.32 Å². The van der Waals surface area contributed by atoms with Gasteiger partial charge in [-0.15, -0.1) is 12.6 Å². The summed E-state index contributed by atoms with van der Waals surface area (Å²) in [5.74, 6) is -0.0490. The van der Waals surface area contributed by atoms with Crippen LogP contribution in [0.25, 0.3) is 0 Å². The van der Waals surface area contributed by atoms with Crippen molar-refractivity contribution in [1.82, 2.24) is 5.32 Å². The molecule has 0 aliphatic rings. The largest absolute Gasteiger partial charge is 0.351 e. The zero-order valence-corrected chi connectivity index (χ0v) is 11.0. The van der Waals surface area contributed by atoms with Crippen molar-refractivity contribution in [3.8, 4) is 0 Å². The van der Waals surface area contributed by atoms with Gasteiger partial charge in [0.1, 0.15) is 0 Å². The third kappa shape index (κ3) is 3.56. The van der Waals surface area contributed by atoms with Gasteiger partial charge >= 0.3 is 0 Å². The highest BCUT2D eigenvalue weighted by atomic mass is 32.1. The van der Waals surface area contributed by atoms with Gasteiger partial charge in [-0.1, -0.05) is 32.9 Å². The summed E-state index contributed by atoms with van der Waals surface area (Å²) in [6.45, 7) is 7.09. The third-order valence-corrected chi connectivity index (χ3v) is 3.22. The second kappa shape index (κ2) is 5.39. The lowest BCUT2D eigenvalue weighted by atomic mass is 9.90. The summed E-state index contributed by atoms with van der Waals surface area (Å²) in [5.41, 5.74) is 0.777. The van der Waals surface area contributed by atoms with Crippen LogP contribution in [0.2, 0.25) is 0 Å². The number of benzene rings is 1. The molecule has 1 aromatic carbocycles. The molecule has 88 valence electrons. The minimum atomic E-state index is -0.0490. The highest BCUT2D eigenvalue weighted by Crippen LogP contribution is 2.18. The Hall–Kier alpha value is -0.960. The first kappa shape index (κ1) is 13.1. The molecule has 0 heterocycles. The quantitative estimate of drug-likeness (QED) is 0.774. The summed E-state index contributed by atoms with van der Waals surface area (Å²) in [4.78, 5) is 12.6. The molecule has 0 spiro atoms. The number of hydrogen-bond donors (Lipinski definition) is 2. The second-order valence-electron chi connectivity index (χ2n) is 4.72. The summed E-state index contributed by atoms with van der Waals surface area (Å²) in [7, 11) is 0. The van der Waals surface area contributed by atoms with Gasteiger partial charge in [0.25, 0.3) is 5.91 Å². The number of thiol groups is 1. The molecule has 1 amide bonds. The lowest BCUT2D eigenvalue weighted by Gasteiger charge is -2.23. The average Bonchev–Trinajstić information content (AvgIpc) is 2.27. The van der Waals surface area contributed by atoms with Crippen LogP contribution in [0, 0.1) is 5.41 Å². The Morgan fingerprint density at radius 3 is 2.56 bits per heavy atom. The molecule has 0 saturated carbocycles. The van der Waals surface area contributed by atoms with Crippen LogP contribution in [0.4, 0.5) is 0 Å². The van der Waals surface area contributed by atoms with Gasteiger partial charge in [-0.25, -0.2) is 0 Å². The Balaban J connectivity index is 2.64. The molecule has 0 aliphatic carbocycles. The Morgan fingerprint density at radius 2 is 2.00 bits per heavy atom. The van der Waals surface area contributed by atoms with E-state index in [2.05, 4.69) is 38.7 Å². The van der Waals surface area contributed by atoms with Gasteiger partial charge < -0.3 is 5.32 Å². The van der Waals surface area contributed by atoms with Crippen LogP contribution in [0.3, 0.4) is 0 Å². The zero-order valence-electron chi connectivity index (χ0n) is 10.1. The fourth-order valence-corrected chi connectivity index (χ4v) is 1.47. The Morgan fingerprint density at radius 1 is 1.38 bits per heavy atom. The van der Waals surface area contributed by atoms with Crippen molar-refractivity contribution in [3.63, 3.8) is 0 Å². The van der Waals surface area contributed by atoms with Crippen molar-refractivity contribution >= 4 is 18.5 Å². The molecule has 1 aromatic rings. The third-order valence-electron chi connectivity index (χ3n) is 2.83. The van der Waals surface area contributed by atoms with E-state index in [0.29, 0.717) is 17.0 Å². The molecular weight excluding hydrogens is 218 g/mol. The standard InChI is InChI=1S/C13H19NOS/c1-4-13(2,3)9-14-12(15)10-7-5-6-8-11(10)16/h5-8,16H,4,9H2,1-3H3,(H,14,15). The van der Waals surface area contributed by atoms with Crippen LogP contribution in [-0.2, 0) is 0 Å². The van der Waals surface area contributed by atoms with Gasteiger partial charge in [-0.3, -0.25) is 4.79 Å². The van der Waals surface area contributed by atoms with Crippen molar-refractivity contribution in [1.29, 1.82) is 0 Å². The summed E-state index contributed by atoms with van der Waals surface area (Å²) < 4.78 is 0. The fourth-order valence-electron chi connectivity index (χ4n) is 1.21. The van der Waals surface area contributed by atoms with Crippen LogP contribution in [-0.4, -0.2) is 12.5 Å². The molecule has 16 heavy (non-hydrogen) atoms. The normalized spacial score (nSPS) is 11.2. The molecule has 0 aliphatic heterocycles. The first-order valence-electron chi connectivity index (χ1n) is 5.52. The van der Waals surface area contributed by atoms with E-state index in [4.69, 9.17) is 0 Å². The maximum Gasteiger partial charge on any atom is 0.252 e. The Bertz CT molecular complexity index is 374. The van der Waals surface area contributed by atoms with Gasteiger partial charge in [-0.2, -0.15) is 0 Å². The lowest BCUT2D eigenvalue weighted by molar-refractivity contribution is 0.0933. The maximum absolute atomic E-state index is 11.9. The number of hydrogen-bond acceptors (Lipinski definition) is 2. The molecule has 0 bridgehead atoms. The average molecular weight is 237 g/mol. The first-order valence-corrected chi connectivity index (χ1v) is 5.97. The fraction of sp³-hybridized carbons (Fsp3) is 0.462. The number of carbonyl (C=O) groups excluding carboxylic acids is 1. The van der Waals surface area contributed by atoms with E-state index in [-0.39, 0.29) is 11.3 Å². The molecule has 0 fully saturated rings. The van der Waals surface area contributed by atoms with Gasteiger partial charge in [0.05, 0.1) is 5.56 Å². The minimum absolute atomic E-state index is 0.0490. The molecule has 3 heteroatoms. The SMILES string of the molecule is CCC(C)(C)CNC(=O)c1ccccc1S. The van der Waals surface area contributed by atoms with E-state index in [1.807, 2.05) is 18.2 Å². The highest BCUT2D eigenvalue weighted by Gasteiger charge is 2.17. The van der Waals surface area contributed by atoms with E-state index in [9.17, 15) is 4.79 Å². The first-order chi connectivity index (χ1) is 7.46. The number of nitrogens with one attached hydrogen (secondary N) is 1. The molecular formula is C13H19NOS. The molecule has 0 radical (unpaired) electrons. The van der Waals surface area contributed by atoms with Crippen LogP contribution in [0.5, 0.6) is 0 Å². The summed E-state index contributed by atoms with van der Waals surface area (Å²) in [5, 5.41) is 2.94. The monoisotopic (exact) mass is 237 g/mol. The number of rotatable bonds is 4. The van der Waals surface area contributed by atoms with E-state index in [0.717, 1.165) is 6.42 Å². The summed E-state index contributed by atoms with van der Waals surface area (Å²) >= 11 is 4.26. The van der Waals surface area contributed by atoms with E-state index in [1.54, 1.807) is 6.07 Å². The predicted octanol–water partition coefficient (Wildman–Crippen LogP) is 3.14. The highest BCUT2D eigenvalue weighted by molar-refractivity contribution is 7.80. The second-order valence-corrected chi connectivity index (χ2v) is 5.20. The number of carbonyl (C=O) groups is 1. The van der Waals surface area contributed by atoms with Crippen LogP contribution >= 0.6 is 12.6 Å². The number of amides is 1. The van der Waals surface area contributed by atoms with Crippen molar-refractivity contribution in [2.24, 2.45) is 5.41 Å². The molecule has 0 atom stereocenters.